The van der Waals surface area contributed by atoms with E-state index < -0.39 is 0 Å². The highest BCUT2D eigenvalue weighted by molar-refractivity contribution is 7.80. The van der Waals surface area contributed by atoms with Crippen molar-refractivity contribution < 1.29 is 9.37 Å². The summed E-state index contributed by atoms with van der Waals surface area (Å²) in [4.78, 5) is 7.58. The smallest absolute Gasteiger partial charge is 0.169 e. The van der Waals surface area contributed by atoms with Gasteiger partial charge in [-0.2, -0.15) is 0 Å². The summed E-state index contributed by atoms with van der Waals surface area (Å²) < 4.78 is 12.9. The molecule has 1 aromatic carbocycles. The number of aromatic nitrogens is 1. The Morgan fingerprint density at radius 1 is 1.04 bits per heavy atom. The van der Waals surface area contributed by atoms with Gasteiger partial charge in [-0.25, -0.2) is 9.37 Å². The zero-order chi connectivity index (χ0) is 16.1. The first-order valence-corrected chi connectivity index (χ1v) is 8.11. The molecule has 1 fully saturated rings. The molecule has 2 aromatic rings. The van der Waals surface area contributed by atoms with E-state index in [-0.39, 0.29) is 5.82 Å². The summed E-state index contributed by atoms with van der Waals surface area (Å²) in [5, 5.41) is 4.01. The van der Waals surface area contributed by atoms with E-state index >= 15 is 0 Å². The van der Waals surface area contributed by atoms with Gasteiger partial charge in [0.2, 0.25) is 0 Å². The van der Waals surface area contributed by atoms with Crippen LogP contribution in [0.15, 0.2) is 48.8 Å². The van der Waals surface area contributed by atoms with Crippen LogP contribution in [0.1, 0.15) is 5.56 Å². The molecule has 0 saturated carbocycles. The van der Waals surface area contributed by atoms with E-state index in [2.05, 4.69) is 32.2 Å². The SMILES string of the molecule is Fc1ccc(CNC(=S)N2CCN(c3cc[nH+]cc3)CC2)cc1. The second-order valence-corrected chi connectivity index (χ2v) is 5.90. The van der Waals surface area contributed by atoms with Crippen molar-refractivity contribution in [3.05, 3.63) is 60.2 Å². The molecule has 120 valence electrons. The Labute approximate surface area is 140 Å². The first-order valence-electron chi connectivity index (χ1n) is 7.71. The molecule has 0 unspecified atom stereocenters. The van der Waals surface area contributed by atoms with Gasteiger partial charge in [0.15, 0.2) is 17.5 Å². The van der Waals surface area contributed by atoms with Crippen LogP contribution in [0.3, 0.4) is 0 Å². The molecule has 1 saturated heterocycles. The summed E-state index contributed by atoms with van der Waals surface area (Å²) in [6.07, 6.45) is 3.88. The lowest BCUT2D eigenvalue weighted by atomic mass is 10.2. The summed E-state index contributed by atoms with van der Waals surface area (Å²) in [6.45, 7) is 4.31. The van der Waals surface area contributed by atoms with Gasteiger partial charge in [-0.1, -0.05) is 12.1 Å². The van der Waals surface area contributed by atoms with Crippen LogP contribution in [0.4, 0.5) is 10.1 Å². The molecular formula is C17H20FN4S+. The highest BCUT2D eigenvalue weighted by atomic mass is 32.1. The number of benzene rings is 1. The largest absolute Gasteiger partial charge is 0.368 e. The topological polar surface area (TPSA) is 32.6 Å². The first kappa shape index (κ1) is 15.7. The van der Waals surface area contributed by atoms with Crippen LogP contribution in [-0.2, 0) is 6.54 Å². The Balaban J connectivity index is 1.47. The normalized spacial score (nSPS) is 14.7. The third-order valence-electron chi connectivity index (χ3n) is 3.99. The molecule has 2 N–H and O–H groups in total. The molecule has 2 heterocycles. The third kappa shape index (κ3) is 4.16. The Hall–Kier alpha value is -2.21. The third-order valence-corrected chi connectivity index (χ3v) is 4.39. The second-order valence-electron chi connectivity index (χ2n) is 5.52. The van der Waals surface area contributed by atoms with Crippen molar-refractivity contribution in [2.75, 3.05) is 31.1 Å². The van der Waals surface area contributed by atoms with Crippen LogP contribution in [-0.4, -0.2) is 36.2 Å². The molecule has 4 nitrogen and oxygen atoms in total. The molecule has 0 amide bonds. The minimum Gasteiger partial charge on any atom is -0.368 e. The highest BCUT2D eigenvalue weighted by Crippen LogP contribution is 2.14. The molecule has 0 atom stereocenters. The standard InChI is InChI=1S/C17H19FN4S/c18-15-3-1-14(2-4-15)13-20-17(23)22-11-9-21(10-12-22)16-5-7-19-8-6-16/h1-8H,9-13H2,(H,20,23)/p+1. The van der Waals surface area contributed by atoms with Crippen LogP contribution < -0.4 is 15.2 Å². The average molecular weight is 331 g/mol. The van der Waals surface area contributed by atoms with Gasteiger partial charge in [0, 0.05) is 50.5 Å². The number of rotatable bonds is 3. The zero-order valence-electron chi connectivity index (χ0n) is 12.8. The monoisotopic (exact) mass is 331 g/mol. The Morgan fingerprint density at radius 2 is 1.70 bits per heavy atom. The van der Waals surface area contributed by atoms with Gasteiger partial charge in [0.25, 0.3) is 0 Å². The maximum atomic E-state index is 12.9. The van der Waals surface area contributed by atoms with Gasteiger partial charge < -0.3 is 15.1 Å². The molecule has 1 aliphatic heterocycles. The van der Waals surface area contributed by atoms with Crippen molar-refractivity contribution in [3.8, 4) is 0 Å². The van der Waals surface area contributed by atoms with Gasteiger partial charge >= 0.3 is 0 Å². The number of thiocarbonyl (C=S) groups is 1. The van der Waals surface area contributed by atoms with E-state index in [9.17, 15) is 4.39 Å². The van der Waals surface area contributed by atoms with Gasteiger partial charge in [-0.15, -0.1) is 0 Å². The summed E-state index contributed by atoms with van der Waals surface area (Å²) in [7, 11) is 0. The fraction of sp³-hybridized carbons (Fsp3) is 0.294. The summed E-state index contributed by atoms with van der Waals surface area (Å²) in [5.74, 6) is -0.217. The van der Waals surface area contributed by atoms with E-state index in [4.69, 9.17) is 12.2 Å². The number of nitrogens with one attached hydrogen (secondary N) is 2. The molecule has 23 heavy (non-hydrogen) atoms. The second kappa shape index (κ2) is 7.37. The molecule has 0 aliphatic carbocycles. The number of aromatic amines is 1. The number of nitrogens with zero attached hydrogens (tertiary/aromatic N) is 2. The fourth-order valence-corrected chi connectivity index (χ4v) is 2.90. The van der Waals surface area contributed by atoms with Crippen LogP contribution in [0.25, 0.3) is 0 Å². The number of H-pyrrole nitrogens is 1. The molecule has 6 heteroatoms. The highest BCUT2D eigenvalue weighted by Gasteiger charge is 2.19. The zero-order valence-corrected chi connectivity index (χ0v) is 13.7. The summed E-state index contributed by atoms with van der Waals surface area (Å²) in [6, 6.07) is 10.7. The predicted molar refractivity (Wildman–Crippen MR) is 92.6 cm³/mol. The van der Waals surface area contributed by atoms with E-state index in [1.807, 2.05) is 12.4 Å². The van der Waals surface area contributed by atoms with Crippen molar-refractivity contribution in [2.45, 2.75) is 6.54 Å². The lowest BCUT2D eigenvalue weighted by Crippen LogP contribution is -2.51. The molecule has 0 bridgehead atoms. The van der Waals surface area contributed by atoms with Crippen molar-refractivity contribution in [3.63, 3.8) is 0 Å². The van der Waals surface area contributed by atoms with Crippen LogP contribution in [0.2, 0.25) is 0 Å². The van der Waals surface area contributed by atoms with Crippen molar-refractivity contribution in [2.24, 2.45) is 0 Å². The summed E-state index contributed by atoms with van der Waals surface area (Å²) >= 11 is 5.47. The van der Waals surface area contributed by atoms with Gasteiger partial charge in [0.1, 0.15) is 5.82 Å². The Bertz CT molecular complexity index is 639. The number of halogens is 1. The van der Waals surface area contributed by atoms with Crippen molar-refractivity contribution >= 4 is 23.0 Å². The minimum atomic E-state index is -0.217. The molecule has 0 spiro atoms. The molecule has 0 radical (unpaired) electrons. The maximum absolute atomic E-state index is 12.9. The molecule has 3 rings (SSSR count). The number of piperazine rings is 1. The maximum Gasteiger partial charge on any atom is 0.169 e. The van der Waals surface area contributed by atoms with E-state index in [0.717, 1.165) is 36.9 Å². The van der Waals surface area contributed by atoms with E-state index in [1.165, 1.54) is 17.8 Å². The van der Waals surface area contributed by atoms with Crippen LogP contribution in [0, 0.1) is 5.82 Å². The molecule has 1 aromatic heterocycles. The number of anilines is 1. The minimum absolute atomic E-state index is 0.217. The quantitative estimate of drug-likeness (QED) is 0.870. The number of hydrogen-bond donors (Lipinski definition) is 1. The van der Waals surface area contributed by atoms with Crippen LogP contribution in [0.5, 0.6) is 0 Å². The Kier molecular flexibility index (Phi) is 5.02. The van der Waals surface area contributed by atoms with E-state index in [1.54, 1.807) is 12.1 Å². The van der Waals surface area contributed by atoms with Crippen molar-refractivity contribution in [1.29, 1.82) is 0 Å². The van der Waals surface area contributed by atoms with Crippen molar-refractivity contribution in [1.82, 2.24) is 10.2 Å². The number of pyridine rings is 1. The van der Waals surface area contributed by atoms with Gasteiger partial charge in [-0.05, 0) is 29.9 Å². The predicted octanol–water partition coefficient (Wildman–Crippen LogP) is 1.84. The fourth-order valence-electron chi connectivity index (χ4n) is 2.65. The van der Waals surface area contributed by atoms with Crippen LogP contribution >= 0.6 is 12.2 Å². The summed E-state index contributed by atoms with van der Waals surface area (Å²) in [5.41, 5.74) is 2.25. The lowest BCUT2D eigenvalue weighted by molar-refractivity contribution is -0.377. The lowest BCUT2D eigenvalue weighted by Gasteiger charge is -2.37. The average Bonchev–Trinajstić information content (AvgIpc) is 2.62. The van der Waals surface area contributed by atoms with Gasteiger partial charge in [0.05, 0.1) is 0 Å². The molecular weight excluding hydrogens is 311 g/mol. The van der Waals surface area contributed by atoms with Gasteiger partial charge in [-0.3, -0.25) is 0 Å². The Morgan fingerprint density at radius 3 is 2.35 bits per heavy atom. The van der Waals surface area contributed by atoms with E-state index in [0.29, 0.717) is 6.54 Å². The molecule has 1 aliphatic rings. The number of hydrogen-bond acceptors (Lipinski definition) is 2. The first-order chi connectivity index (χ1) is 11.2.